The van der Waals surface area contributed by atoms with Crippen molar-refractivity contribution in [2.45, 2.75) is 31.8 Å². The van der Waals surface area contributed by atoms with E-state index in [1.807, 2.05) is 12.1 Å². The molecule has 0 amide bonds. The van der Waals surface area contributed by atoms with Crippen LogP contribution >= 0.6 is 0 Å². The fourth-order valence-corrected chi connectivity index (χ4v) is 2.99. The summed E-state index contributed by atoms with van der Waals surface area (Å²) in [5.41, 5.74) is 1.91. The van der Waals surface area contributed by atoms with Gasteiger partial charge in [0.05, 0.1) is 13.0 Å². The van der Waals surface area contributed by atoms with Crippen LogP contribution in [0.1, 0.15) is 36.3 Å². The van der Waals surface area contributed by atoms with Crippen molar-refractivity contribution in [3.63, 3.8) is 0 Å². The van der Waals surface area contributed by atoms with E-state index in [9.17, 15) is 9.90 Å². The van der Waals surface area contributed by atoms with E-state index in [2.05, 4.69) is 0 Å². The molecule has 1 aromatic carbocycles. The van der Waals surface area contributed by atoms with Crippen molar-refractivity contribution in [1.29, 1.82) is 0 Å². The van der Waals surface area contributed by atoms with Crippen molar-refractivity contribution in [1.82, 2.24) is 0 Å². The molecule has 114 valence electrons. The number of carboxylic acid groups (broad SMARTS) is 1. The number of aliphatic carboxylic acids is 1. The lowest BCUT2D eigenvalue weighted by Crippen LogP contribution is -2.20. The summed E-state index contributed by atoms with van der Waals surface area (Å²) in [6, 6.07) is 3.94. The van der Waals surface area contributed by atoms with E-state index in [-0.39, 0.29) is 12.3 Å². The highest BCUT2D eigenvalue weighted by Crippen LogP contribution is 2.50. The van der Waals surface area contributed by atoms with Gasteiger partial charge in [0.25, 0.3) is 0 Å². The SMILES string of the molecule is COCc1ccc(C(CC(=O)O)C2CC2)c2c1OCCO2. The molecule has 2 aliphatic rings. The zero-order valence-electron chi connectivity index (χ0n) is 12.1. The summed E-state index contributed by atoms with van der Waals surface area (Å²) in [7, 11) is 1.64. The molecule has 5 nitrogen and oxygen atoms in total. The Morgan fingerprint density at radius 3 is 2.67 bits per heavy atom. The van der Waals surface area contributed by atoms with Gasteiger partial charge in [0.2, 0.25) is 0 Å². The molecular weight excluding hydrogens is 272 g/mol. The highest BCUT2D eigenvalue weighted by Gasteiger charge is 2.37. The smallest absolute Gasteiger partial charge is 0.303 e. The summed E-state index contributed by atoms with van der Waals surface area (Å²) in [5, 5.41) is 9.17. The van der Waals surface area contributed by atoms with E-state index in [1.54, 1.807) is 7.11 Å². The molecule has 1 N–H and O–H groups in total. The zero-order valence-corrected chi connectivity index (χ0v) is 12.1. The number of ether oxygens (including phenoxy) is 3. The Kier molecular flexibility index (Phi) is 4.01. The molecule has 1 atom stereocenters. The second-order valence-electron chi connectivity index (χ2n) is 5.64. The second kappa shape index (κ2) is 5.93. The fraction of sp³-hybridized carbons (Fsp3) is 0.562. The quantitative estimate of drug-likeness (QED) is 0.873. The summed E-state index contributed by atoms with van der Waals surface area (Å²) in [5.74, 6) is 1.13. The van der Waals surface area contributed by atoms with Gasteiger partial charge in [-0.15, -0.1) is 0 Å². The Hall–Kier alpha value is -1.75. The number of methoxy groups -OCH3 is 1. The minimum Gasteiger partial charge on any atom is -0.486 e. The molecule has 1 fully saturated rings. The van der Waals surface area contributed by atoms with Crippen LogP contribution in [-0.2, 0) is 16.1 Å². The molecule has 0 radical (unpaired) electrons. The predicted octanol–water partition coefficient (Wildman–Crippen LogP) is 2.57. The van der Waals surface area contributed by atoms with Gasteiger partial charge in [0.15, 0.2) is 11.5 Å². The molecule has 1 aliphatic heterocycles. The van der Waals surface area contributed by atoms with Crippen LogP contribution in [0.25, 0.3) is 0 Å². The first-order valence-electron chi connectivity index (χ1n) is 7.32. The molecule has 1 saturated carbocycles. The summed E-state index contributed by atoms with van der Waals surface area (Å²) in [4.78, 5) is 11.2. The summed E-state index contributed by atoms with van der Waals surface area (Å²) >= 11 is 0. The molecule has 1 aromatic rings. The average molecular weight is 292 g/mol. The summed E-state index contributed by atoms with van der Waals surface area (Å²) in [6.07, 6.45) is 2.32. The number of hydrogen-bond acceptors (Lipinski definition) is 4. The molecule has 1 heterocycles. The minimum absolute atomic E-state index is 0.00884. The maximum absolute atomic E-state index is 11.2. The van der Waals surface area contributed by atoms with Crippen molar-refractivity contribution in [3.05, 3.63) is 23.3 Å². The fourth-order valence-electron chi connectivity index (χ4n) is 2.99. The van der Waals surface area contributed by atoms with Crippen LogP contribution in [-0.4, -0.2) is 31.4 Å². The lowest BCUT2D eigenvalue weighted by atomic mass is 9.89. The Morgan fingerprint density at radius 2 is 2.05 bits per heavy atom. The van der Waals surface area contributed by atoms with E-state index in [0.717, 1.165) is 29.7 Å². The molecule has 0 spiro atoms. The van der Waals surface area contributed by atoms with Gasteiger partial charge in [-0.25, -0.2) is 0 Å². The van der Waals surface area contributed by atoms with E-state index < -0.39 is 5.97 Å². The molecule has 0 saturated heterocycles. The lowest BCUT2D eigenvalue weighted by molar-refractivity contribution is -0.137. The number of hydrogen-bond donors (Lipinski definition) is 1. The van der Waals surface area contributed by atoms with Gasteiger partial charge >= 0.3 is 5.97 Å². The minimum atomic E-state index is -0.765. The highest BCUT2D eigenvalue weighted by atomic mass is 16.6. The van der Waals surface area contributed by atoms with Crippen LogP contribution in [0.2, 0.25) is 0 Å². The highest BCUT2D eigenvalue weighted by molar-refractivity contribution is 5.69. The second-order valence-corrected chi connectivity index (χ2v) is 5.64. The predicted molar refractivity (Wildman–Crippen MR) is 75.9 cm³/mol. The first-order valence-corrected chi connectivity index (χ1v) is 7.32. The van der Waals surface area contributed by atoms with Gasteiger partial charge in [0, 0.05) is 24.2 Å². The largest absolute Gasteiger partial charge is 0.486 e. The van der Waals surface area contributed by atoms with Gasteiger partial charge in [-0.3, -0.25) is 4.79 Å². The number of carbonyl (C=O) groups is 1. The third-order valence-electron chi connectivity index (χ3n) is 4.09. The lowest BCUT2D eigenvalue weighted by Gasteiger charge is -2.26. The Balaban J connectivity index is 1.99. The number of rotatable bonds is 6. The Labute approximate surface area is 123 Å². The number of fused-ring (bicyclic) bond motifs is 1. The van der Waals surface area contributed by atoms with Crippen molar-refractivity contribution >= 4 is 5.97 Å². The zero-order chi connectivity index (χ0) is 14.8. The first kappa shape index (κ1) is 14.2. The van der Waals surface area contributed by atoms with Crippen LogP contribution in [0.15, 0.2) is 12.1 Å². The third kappa shape index (κ3) is 2.97. The van der Waals surface area contributed by atoms with Crippen molar-refractivity contribution in [2.24, 2.45) is 5.92 Å². The first-order chi connectivity index (χ1) is 10.2. The van der Waals surface area contributed by atoms with Crippen LogP contribution in [0.3, 0.4) is 0 Å². The topological polar surface area (TPSA) is 65.0 Å². The summed E-state index contributed by atoms with van der Waals surface area (Å²) in [6.45, 7) is 1.47. The number of benzene rings is 1. The third-order valence-corrected chi connectivity index (χ3v) is 4.09. The van der Waals surface area contributed by atoms with Crippen LogP contribution in [0.5, 0.6) is 11.5 Å². The van der Waals surface area contributed by atoms with Crippen LogP contribution < -0.4 is 9.47 Å². The van der Waals surface area contributed by atoms with E-state index >= 15 is 0 Å². The van der Waals surface area contributed by atoms with Crippen molar-refractivity contribution < 1.29 is 24.1 Å². The molecule has 5 heteroatoms. The average Bonchev–Trinajstić information content (AvgIpc) is 3.30. The maximum atomic E-state index is 11.2. The Bertz CT molecular complexity index is 536. The standard InChI is InChI=1S/C16H20O5/c1-19-9-11-4-5-12(16-15(11)20-6-7-21-16)13(8-14(17)18)10-2-3-10/h4-5,10,13H,2-3,6-9H2,1H3,(H,17,18). The molecule has 21 heavy (non-hydrogen) atoms. The van der Waals surface area contributed by atoms with Crippen molar-refractivity contribution in [2.75, 3.05) is 20.3 Å². The maximum Gasteiger partial charge on any atom is 0.303 e. The van der Waals surface area contributed by atoms with E-state index in [4.69, 9.17) is 14.2 Å². The summed E-state index contributed by atoms with van der Waals surface area (Å²) < 4.78 is 16.7. The van der Waals surface area contributed by atoms with E-state index in [0.29, 0.717) is 31.5 Å². The van der Waals surface area contributed by atoms with Gasteiger partial charge in [0.1, 0.15) is 13.2 Å². The molecule has 0 aromatic heterocycles. The van der Waals surface area contributed by atoms with Gasteiger partial charge in [-0.05, 0) is 18.8 Å². The molecule has 3 rings (SSSR count). The number of carboxylic acids is 1. The van der Waals surface area contributed by atoms with Crippen LogP contribution in [0, 0.1) is 5.92 Å². The van der Waals surface area contributed by atoms with Gasteiger partial charge in [-0.2, -0.15) is 0 Å². The monoisotopic (exact) mass is 292 g/mol. The molecule has 1 aliphatic carbocycles. The van der Waals surface area contributed by atoms with Crippen LogP contribution in [0.4, 0.5) is 0 Å². The molecule has 1 unspecified atom stereocenters. The Morgan fingerprint density at radius 1 is 1.33 bits per heavy atom. The molecular formula is C16H20O5. The van der Waals surface area contributed by atoms with Gasteiger partial charge < -0.3 is 19.3 Å². The van der Waals surface area contributed by atoms with E-state index in [1.165, 1.54) is 0 Å². The van der Waals surface area contributed by atoms with Crippen molar-refractivity contribution in [3.8, 4) is 11.5 Å². The van der Waals surface area contributed by atoms with Gasteiger partial charge in [-0.1, -0.05) is 12.1 Å². The normalized spacial score (nSPS) is 18.3. The molecule has 0 bridgehead atoms.